The third-order valence-electron chi connectivity index (χ3n) is 2.94. The quantitative estimate of drug-likeness (QED) is 0.847. The van der Waals surface area contributed by atoms with Gasteiger partial charge in [-0.25, -0.2) is 13.2 Å². The van der Waals surface area contributed by atoms with Gasteiger partial charge in [0.05, 0.1) is 0 Å². The lowest BCUT2D eigenvalue weighted by Crippen LogP contribution is -2.28. The second kappa shape index (κ2) is 2.99. The minimum atomic E-state index is -3.37. The van der Waals surface area contributed by atoms with E-state index >= 15 is 0 Å². The second-order valence-electron chi connectivity index (χ2n) is 4.08. The summed E-state index contributed by atoms with van der Waals surface area (Å²) in [6.45, 7) is 1.60. The Hall–Kier alpha value is -1.52. The molecule has 5 heteroatoms. The Balaban J connectivity index is 2.56. The summed E-state index contributed by atoms with van der Waals surface area (Å²) in [5, 5.41) is 8.84. The minimum absolute atomic E-state index is 0.435. The molecule has 2 nitrogen and oxygen atoms in total. The Labute approximate surface area is 89.7 Å². The molecule has 0 bridgehead atoms. The van der Waals surface area contributed by atoms with E-state index in [0.717, 1.165) is 12.1 Å². The van der Waals surface area contributed by atoms with E-state index in [1.807, 2.05) is 0 Å². The van der Waals surface area contributed by atoms with Gasteiger partial charge in [0.25, 0.3) is 5.92 Å². The van der Waals surface area contributed by atoms with Gasteiger partial charge >= 0.3 is 5.97 Å². The molecule has 1 aliphatic carbocycles. The van der Waals surface area contributed by atoms with Crippen molar-refractivity contribution in [3.05, 3.63) is 35.1 Å². The highest BCUT2D eigenvalue weighted by atomic mass is 19.3. The number of benzene rings is 1. The molecule has 1 aliphatic rings. The van der Waals surface area contributed by atoms with Gasteiger partial charge in [0.1, 0.15) is 5.82 Å². The summed E-state index contributed by atoms with van der Waals surface area (Å²) in [6.07, 6.45) is -0.838. The highest BCUT2D eigenvalue weighted by Crippen LogP contribution is 2.62. The maximum atomic E-state index is 13.5. The van der Waals surface area contributed by atoms with Gasteiger partial charge in [-0.15, -0.1) is 0 Å². The van der Waals surface area contributed by atoms with E-state index in [4.69, 9.17) is 5.11 Å². The first-order valence-electron chi connectivity index (χ1n) is 4.69. The van der Waals surface area contributed by atoms with Gasteiger partial charge in [-0.1, -0.05) is 12.1 Å². The predicted octanol–water partition coefficient (Wildman–Crippen LogP) is 2.50. The van der Waals surface area contributed by atoms with Crippen LogP contribution in [0.25, 0.3) is 0 Å². The van der Waals surface area contributed by atoms with Crippen molar-refractivity contribution in [1.29, 1.82) is 0 Å². The molecule has 1 fully saturated rings. The van der Waals surface area contributed by atoms with Gasteiger partial charge in [-0.2, -0.15) is 0 Å². The van der Waals surface area contributed by atoms with E-state index in [2.05, 4.69) is 0 Å². The van der Waals surface area contributed by atoms with Gasteiger partial charge in [-0.3, -0.25) is 4.79 Å². The van der Waals surface area contributed by atoms with Crippen LogP contribution in [0.2, 0.25) is 0 Å². The van der Waals surface area contributed by atoms with Gasteiger partial charge in [0.2, 0.25) is 0 Å². The van der Waals surface area contributed by atoms with Crippen molar-refractivity contribution in [3.63, 3.8) is 0 Å². The maximum absolute atomic E-state index is 13.5. The normalized spacial score (nSPS) is 26.5. The molecule has 86 valence electrons. The fraction of sp³-hybridized carbons (Fsp3) is 0.364. The molecule has 1 atom stereocenters. The molecule has 1 aromatic rings. The van der Waals surface area contributed by atoms with Crippen LogP contribution in [0.15, 0.2) is 18.2 Å². The summed E-state index contributed by atoms with van der Waals surface area (Å²) in [7, 11) is 0. The second-order valence-corrected chi connectivity index (χ2v) is 4.08. The van der Waals surface area contributed by atoms with Crippen LogP contribution in [-0.2, 0) is 10.2 Å². The highest BCUT2D eigenvalue weighted by molar-refractivity contribution is 5.87. The molecule has 2 rings (SSSR count). The van der Waals surface area contributed by atoms with Crippen molar-refractivity contribution < 1.29 is 23.1 Å². The third-order valence-corrected chi connectivity index (χ3v) is 2.94. The molecule has 16 heavy (non-hydrogen) atoms. The maximum Gasteiger partial charge on any atom is 0.320 e. The van der Waals surface area contributed by atoms with Gasteiger partial charge < -0.3 is 5.11 Å². The van der Waals surface area contributed by atoms with Crippen LogP contribution in [0.3, 0.4) is 0 Å². The lowest BCUT2D eigenvalue weighted by Gasteiger charge is -2.12. The van der Waals surface area contributed by atoms with Crippen molar-refractivity contribution in [2.24, 2.45) is 0 Å². The Morgan fingerprint density at radius 3 is 2.38 bits per heavy atom. The fourth-order valence-electron chi connectivity index (χ4n) is 1.89. The molecular formula is C11H9F3O2. The summed E-state index contributed by atoms with van der Waals surface area (Å²) < 4.78 is 39.7. The first-order chi connectivity index (χ1) is 7.31. The number of carbonyl (C=O) groups is 1. The lowest BCUT2D eigenvalue weighted by atomic mass is 9.94. The van der Waals surface area contributed by atoms with Crippen LogP contribution < -0.4 is 0 Å². The van der Waals surface area contributed by atoms with Crippen molar-refractivity contribution in [2.45, 2.75) is 24.7 Å². The number of carboxylic acid groups (broad SMARTS) is 1. The van der Waals surface area contributed by atoms with Gasteiger partial charge in [0, 0.05) is 12.0 Å². The Morgan fingerprint density at radius 2 is 2.00 bits per heavy atom. The summed E-state index contributed by atoms with van der Waals surface area (Å²) in [5.74, 6) is -5.94. The molecule has 0 aliphatic heterocycles. The first kappa shape index (κ1) is 11.0. The number of alkyl halides is 2. The minimum Gasteiger partial charge on any atom is -0.480 e. The van der Waals surface area contributed by atoms with Crippen LogP contribution in [-0.4, -0.2) is 17.0 Å². The number of halogens is 3. The number of hydrogen-bond acceptors (Lipinski definition) is 1. The number of aryl methyl sites for hydroxylation is 1. The SMILES string of the molecule is Cc1ccc(C2(C(=O)O)CC2(F)F)c(F)c1. The zero-order valence-electron chi connectivity index (χ0n) is 8.43. The van der Waals surface area contributed by atoms with Crippen LogP contribution in [0.4, 0.5) is 13.2 Å². The molecule has 0 amide bonds. The molecular weight excluding hydrogens is 221 g/mol. The molecule has 1 N–H and O–H groups in total. The topological polar surface area (TPSA) is 37.3 Å². The molecule has 0 radical (unpaired) electrons. The van der Waals surface area contributed by atoms with Crippen LogP contribution in [0.5, 0.6) is 0 Å². The molecule has 0 spiro atoms. The van der Waals surface area contributed by atoms with E-state index in [-0.39, 0.29) is 0 Å². The monoisotopic (exact) mass is 230 g/mol. The highest BCUT2D eigenvalue weighted by Gasteiger charge is 2.78. The predicted molar refractivity (Wildman–Crippen MR) is 50.0 cm³/mol. The largest absolute Gasteiger partial charge is 0.480 e. The Kier molecular flexibility index (Phi) is 2.05. The van der Waals surface area contributed by atoms with E-state index in [9.17, 15) is 18.0 Å². The summed E-state index contributed by atoms with van der Waals surface area (Å²) >= 11 is 0. The van der Waals surface area contributed by atoms with Crippen molar-refractivity contribution in [1.82, 2.24) is 0 Å². The summed E-state index contributed by atoms with van der Waals surface area (Å²) in [6, 6.07) is 3.62. The van der Waals surface area contributed by atoms with Crippen LogP contribution in [0.1, 0.15) is 17.5 Å². The summed E-state index contributed by atoms with van der Waals surface area (Å²) in [4.78, 5) is 10.9. The average Bonchev–Trinajstić information content (AvgIpc) is 2.70. The lowest BCUT2D eigenvalue weighted by molar-refractivity contribution is -0.143. The van der Waals surface area contributed by atoms with Crippen molar-refractivity contribution in [3.8, 4) is 0 Å². The molecule has 1 unspecified atom stereocenters. The molecule has 1 aromatic carbocycles. The standard InChI is InChI=1S/C11H9F3O2/c1-6-2-3-7(8(12)4-6)10(9(15)16)5-11(10,13)14/h2-4H,5H2,1H3,(H,15,16). The molecule has 0 saturated heterocycles. The Bertz CT molecular complexity index is 470. The van der Waals surface area contributed by atoms with Gasteiger partial charge in [0.15, 0.2) is 5.41 Å². The molecule has 0 aromatic heterocycles. The van der Waals surface area contributed by atoms with Crippen molar-refractivity contribution in [2.75, 3.05) is 0 Å². The zero-order chi connectivity index (χ0) is 12.1. The zero-order valence-corrected chi connectivity index (χ0v) is 8.43. The Morgan fingerprint density at radius 1 is 1.44 bits per heavy atom. The number of aliphatic carboxylic acids is 1. The third kappa shape index (κ3) is 1.24. The smallest absolute Gasteiger partial charge is 0.320 e. The number of rotatable bonds is 2. The van der Waals surface area contributed by atoms with Crippen molar-refractivity contribution >= 4 is 5.97 Å². The van der Waals surface area contributed by atoms with E-state index in [1.54, 1.807) is 6.92 Å². The van der Waals surface area contributed by atoms with Crippen LogP contribution in [0, 0.1) is 12.7 Å². The number of carboxylic acids is 1. The fourth-order valence-corrected chi connectivity index (χ4v) is 1.89. The van der Waals surface area contributed by atoms with E-state index < -0.39 is 35.1 Å². The first-order valence-corrected chi connectivity index (χ1v) is 4.69. The average molecular weight is 230 g/mol. The van der Waals surface area contributed by atoms with Crippen LogP contribution >= 0.6 is 0 Å². The molecule has 1 saturated carbocycles. The molecule has 0 heterocycles. The van der Waals surface area contributed by atoms with E-state index in [0.29, 0.717) is 5.56 Å². The van der Waals surface area contributed by atoms with E-state index in [1.165, 1.54) is 6.07 Å². The van der Waals surface area contributed by atoms with Gasteiger partial charge in [-0.05, 0) is 18.6 Å². The number of hydrogen-bond donors (Lipinski definition) is 1. The summed E-state index contributed by atoms with van der Waals surface area (Å²) in [5.41, 5.74) is -2.24.